The molecule has 3 rings (SSSR count). The largest absolute Gasteiger partial charge is 0.221 e. The lowest BCUT2D eigenvalue weighted by Gasteiger charge is -2.06. The topological polar surface area (TPSA) is 67.4 Å². The third-order valence-electron chi connectivity index (χ3n) is 3.06. The van der Waals surface area contributed by atoms with Crippen LogP contribution in [-0.4, -0.2) is 20.2 Å². The zero-order valence-electron chi connectivity index (χ0n) is 10.9. The van der Waals surface area contributed by atoms with Crippen LogP contribution in [0.2, 0.25) is 5.02 Å². The van der Waals surface area contributed by atoms with E-state index >= 15 is 0 Å². The van der Waals surface area contributed by atoms with Crippen molar-refractivity contribution < 1.29 is 0 Å². The molecule has 21 heavy (non-hydrogen) atoms. The summed E-state index contributed by atoms with van der Waals surface area (Å²) in [5.41, 5.74) is 2.43. The average molecular weight is 296 g/mol. The number of halogens is 1. The second-order valence-corrected chi connectivity index (χ2v) is 4.86. The van der Waals surface area contributed by atoms with E-state index < -0.39 is 0 Å². The number of tetrazole rings is 1. The molecule has 0 radical (unpaired) electrons. The Morgan fingerprint density at radius 1 is 1.10 bits per heavy atom. The first-order valence-corrected chi connectivity index (χ1v) is 6.66. The van der Waals surface area contributed by atoms with Gasteiger partial charge in [0.05, 0.1) is 23.2 Å². The van der Waals surface area contributed by atoms with Crippen LogP contribution in [0.15, 0.2) is 48.5 Å². The standard InChI is InChI=1S/C15H10ClN5/c16-14-4-2-1-3-13(14)15-18-19-20-21(15)10-12-7-5-11(9-17)6-8-12/h1-8H,10H2. The van der Waals surface area contributed by atoms with Gasteiger partial charge in [0.1, 0.15) is 0 Å². The van der Waals surface area contributed by atoms with Crippen LogP contribution in [-0.2, 0) is 6.54 Å². The van der Waals surface area contributed by atoms with E-state index in [1.807, 2.05) is 30.3 Å². The lowest BCUT2D eigenvalue weighted by Crippen LogP contribution is -2.04. The van der Waals surface area contributed by atoms with E-state index in [0.717, 1.165) is 11.1 Å². The molecule has 1 heterocycles. The first-order valence-electron chi connectivity index (χ1n) is 6.28. The third-order valence-corrected chi connectivity index (χ3v) is 3.39. The van der Waals surface area contributed by atoms with Gasteiger partial charge in [-0.1, -0.05) is 35.9 Å². The third kappa shape index (κ3) is 2.76. The molecule has 0 aliphatic heterocycles. The van der Waals surface area contributed by atoms with Gasteiger partial charge in [0.2, 0.25) is 0 Å². The fourth-order valence-corrected chi connectivity index (χ4v) is 2.22. The summed E-state index contributed by atoms with van der Waals surface area (Å²) in [7, 11) is 0. The Labute approximate surface area is 126 Å². The maximum Gasteiger partial charge on any atom is 0.183 e. The summed E-state index contributed by atoms with van der Waals surface area (Å²) in [5.74, 6) is 0.616. The normalized spacial score (nSPS) is 10.3. The van der Waals surface area contributed by atoms with Gasteiger partial charge in [-0.2, -0.15) is 5.26 Å². The summed E-state index contributed by atoms with van der Waals surface area (Å²) in [6, 6.07) is 16.8. The fourth-order valence-electron chi connectivity index (χ4n) is 2.00. The van der Waals surface area contributed by atoms with Crippen molar-refractivity contribution in [1.82, 2.24) is 20.2 Å². The van der Waals surface area contributed by atoms with E-state index in [0.29, 0.717) is 23.0 Å². The van der Waals surface area contributed by atoms with Crippen molar-refractivity contribution in [2.75, 3.05) is 0 Å². The van der Waals surface area contributed by atoms with Gasteiger partial charge < -0.3 is 0 Å². The number of aromatic nitrogens is 4. The van der Waals surface area contributed by atoms with Gasteiger partial charge in [0.15, 0.2) is 5.82 Å². The van der Waals surface area contributed by atoms with Crippen LogP contribution in [0.5, 0.6) is 0 Å². The molecule has 0 fully saturated rings. The predicted octanol–water partition coefficient (Wildman–Crippen LogP) is 2.91. The number of nitriles is 1. The van der Waals surface area contributed by atoms with Gasteiger partial charge in [-0.3, -0.25) is 0 Å². The van der Waals surface area contributed by atoms with Gasteiger partial charge in [-0.15, -0.1) is 5.10 Å². The minimum absolute atomic E-state index is 0.513. The van der Waals surface area contributed by atoms with Crippen molar-refractivity contribution in [3.63, 3.8) is 0 Å². The Hall–Kier alpha value is -2.71. The Bertz CT molecular complexity index is 801. The molecular weight excluding hydrogens is 286 g/mol. The zero-order valence-corrected chi connectivity index (χ0v) is 11.7. The van der Waals surface area contributed by atoms with E-state index in [2.05, 4.69) is 21.6 Å². The molecule has 6 heteroatoms. The van der Waals surface area contributed by atoms with Crippen LogP contribution in [0, 0.1) is 11.3 Å². The first kappa shape index (κ1) is 13.3. The molecular formula is C15H10ClN5. The molecule has 0 aliphatic rings. The molecule has 3 aromatic rings. The minimum Gasteiger partial charge on any atom is -0.221 e. The Kier molecular flexibility index (Phi) is 3.63. The first-order chi connectivity index (χ1) is 10.3. The number of hydrogen-bond acceptors (Lipinski definition) is 4. The molecule has 0 aliphatic carbocycles. The number of benzene rings is 2. The van der Waals surface area contributed by atoms with Gasteiger partial charge in [0, 0.05) is 5.56 Å². The van der Waals surface area contributed by atoms with Gasteiger partial charge in [-0.25, -0.2) is 4.68 Å². The number of rotatable bonds is 3. The molecule has 0 amide bonds. The van der Waals surface area contributed by atoms with Crippen molar-refractivity contribution in [1.29, 1.82) is 5.26 Å². The highest BCUT2D eigenvalue weighted by Crippen LogP contribution is 2.25. The molecule has 0 N–H and O–H groups in total. The predicted molar refractivity (Wildman–Crippen MR) is 78.5 cm³/mol. The zero-order chi connectivity index (χ0) is 14.7. The van der Waals surface area contributed by atoms with Crippen molar-refractivity contribution >= 4 is 11.6 Å². The summed E-state index contributed by atoms with van der Waals surface area (Å²) >= 11 is 6.19. The maximum atomic E-state index is 8.81. The molecule has 1 aromatic heterocycles. The summed E-state index contributed by atoms with van der Waals surface area (Å²) in [6.07, 6.45) is 0. The Morgan fingerprint density at radius 3 is 2.57 bits per heavy atom. The average Bonchev–Trinajstić information content (AvgIpc) is 2.96. The van der Waals surface area contributed by atoms with Gasteiger partial charge in [0.25, 0.3) is 0 Å². The summed E-state index contributed by atoms with van der Waals surface area (Å²) in [4.78, 5) is 0. The van der Waals surface area contributed by atoms with Crippen LogP contribution in [0.25, 0.3) is 11.4 Å². The molecule has 5 nitrogen and oxygen atoms in total. The van der Waals surface area contributed by atoms with E-state index in [4.69, 9.17) is 16.9 Å². The van der Waals surface area contributed by atoms with Gasteiger partial charge >= 0.3 is 0 Å². The quantitative estimate of drug-likeness (QED) is 0.745. The summed E-state index contributed by atoms with van der Waals surface area (Å²) in [5, 5.41) is 21.2. The second kappa shape index (κ2) is 5.73. The van der Waals surface area contributed by atoms with Crippen molar-refractivity contribution in [3.05, 3.63) is 64.7 Å². The van der Waals surface area contributed by atoms with Gasteiger partial charge in [-0.05, 0) is 40.3 Å². The molecule has 0 unspecified atom stereocenters. The second-order valence-electron chi connectivity index (χ2n) is 4.45. The lowest BCUT2D eigenvalue weighted by atomic mass is 10.1. The molecule has 2 aromatic carbocycles. The molecule has 0 bridgehead atoms. The van der Waals surface area contributed by atoms with Crippen molar-refractivity contribution in [2.45, 2.75) is 6.54 Å². The lowest BCUT2D eigenvalue weighted by molar-refractivity contribution is 0.653. The molecule has 0 spiro atoms. The number of nitrogens with zero attached hydrogens (tertiary/aromatic N) is 5. The summed E-state index contributed by atoms with van der Waals surface area (Å²) in [6.45, 7) is 0.513. The molecule has 0 saturated carbocycles. The molecule has 0 atom stereocenters. The smallest absolute Gasteiger partial charge is 0.183 e. The maximum absolute atomic E-state index is 8.81. The van der Waals surface area contributed by atoms with Crippen LogP contribution < -0.4 is 0 Å². The van der Waals surface area contributed by atoms with Crippen molar-refractivity contribution in [2.24, 2.45) is 0 Å². The molecule has 0 saturated heterocycles. The van der Waals surface area contributed by atoms with E-state index in [1.165, 1.54) is 0 Å². The minimum atomic E-state index is 0.513. The number of hydrogen-bond donors (Lipinski definition) is 0. The Morgan fingerprint density at radius 2 is 1.86 bits per heavy atom. The Balaban J connectivity index is 1.92. The van der Waals surface area contributed by atoms with E-state index in [1.54, 1.807) is 22.9 Å². The van der Waals surface area contributed by atoms with E-state index in [-0.39, 0.29) is 0 Å². The highest BCUT2D eigenvalue weighted by Gasteiger charge is 2.12. The fraction of sp³-hybridized carbons (Fsp3) is 0.0667. The van der Waals surface area contributed by atoms with Crippen LogP contribution >= 0.6 is 11.6 Å². The monoisotopic (exact) mass is 295 g/mol. The van der Waals surface area contributed by atoms with Crippen LogP contribution in [0.4, 0.5) is 0 Å². The van der Waals surface area contributed by atoms with Crippen LogP contribution in [0.3, 0.4) is 0 Å². The highest BCUT2D eigenvalue weighted by atomic mass is 35.5. The highest BCUT2D eigenvalue weighted by molar-refractivity contribution is 6.33. The van der Waals surface area contributed by atoms with Crippen molar-refractivity contribution in [3.8, 4) is 17.5 Å². The molecule has 102 valence electrons. The van der Waals surface area contributed by atoms with E-state index in [9.17, 15) is 0 Å². The summed E-state index contributed by atoms with van der Waals surface area (Å²) < 4.78 is 1.68. The SMILES string of the molecule is N#Cc1ccc(Cn2nnnc2-c2ccccc2Cl)cc1. The van der Waals surface area contributed by atoms with Crippen LogP contribution in [0.1, 0.15) is 11.1 Å².